The molecule has 16 heavy (non-hydrogen) atoms. The van der Waals surface area contributed by atoms with Gasteiger partial charge >= 0.3 is 5.97 Å². The summed E-state index contributed by atoms with van der Waals surface area (Å²) in [7, 11) is 0. The van der Waals surface area contributed by atoms with Crippen LogP contribution in [0.1, 0.15) is 5.56 Å². The van der Waals surface area contributed by atoms with Gasteiger partial charge in [0, 0.05) is 27.7 Å². The maximum Gasteiger partial charge on any atom is 0.307 e. The van der Waals surface area contributed by atoms with Crippen molar-refractivity contribution in [3.63, 3.8) is 0 Å². The Morgan fingerprint density at radius 1 is 1.56 bits per heavy atom. The molecule has 0 saturated heterocycles. The molecule has 1 heterocycles. The zero-order chi connectivity index (χ0) is 11.5. The summed E-state index contributed by atoms with van der Waals surface area (Å²) in [6.45, 7) is 0. The van der Waals surface area contributed by atoms with Crippen LogP contribution in [-0.4, -0.2) is 16.1 Å². The quantitative estimate of drug-likeness (QED) is 0.468. The number of aromatic nitrogens is 1. The molecule has 0 unspecified atom stereocenters. The van der Waals surface area contributed by atoms with Crippen molar-refractivity contribution in [2.75, 3.05) is 0 Å². The number of hydrogen-bond acceptors (Lipinski definition) is 2. The van der Waals surface area contributed by atoms with Gasteiger partial charge in [-0.05, 0) is 23.2 Å². The summed E-state index contributed by atoms with van der Waals surface area (Å²) in [4.78, 5) is 16.3. The highest BCUT2D eigenvalue weighted by Gasteiger charge is 2.07. The van der Waals surface area contributed by atoms with Gasteiger partial charge in [-0.1, -0.05) is 11.2 Å². The largest absolute Gasteiger partial charge is 0.481 e. The molecular formula is C10H8N4O2. The molecule has 0 saturated carbocycles. The lowest BCUT2D eigenvalue weighted by Gasteiger charge is -1.96. The van der Waals surface area contributed by atoms with Crippen molar-refractivity contribution < 1.29 is 9.90 Å². The van der Waals surface area contributed by atoms with Gasteiger partial charge in [0.1, 0.15) is 0 Å². The van der Waals surface area contributed by atoms with Crippen LogP contribution in [0.25, 0.3) is 21.3 Å². The van der Waals surface area contributed by atoms with Gasteiger partial charge in [0.2, 0.25) is 0 Å². The van der Waals surface area contributed by atoms with Gasteiger partial charge in [0.05, 0.1) is 6.42 Å². The Balaban J connectivity index is 2.55. The molecule has 0 amide bonds. The van der Waals surface area contributed by atoms with Crippen LogP contribution in [-0.2, 0) is 11.2 Å². The number of azide groups is 1. The van der Waals surface area contributed by atoms with E-state index in [0.717, 1.165) is 10.9 Å². The molecule has 1 aromatic heterocycles. The molecule has 2 aromatic rings. The van der Waals surface area contributed by atoms with Crippen LogP contribution in [0.15, 0.2) is 29.5 Å². The van der Waals surface area contributed by atoms with E-state index in [4.69, 9.17) is 10.6 Å². The highest BCUT2D eigenvalue weighted by Crippen LogP contribution is 2.24. The summed E-state index contributed by atoms with van der Waals surface area (Å²) in [5.74, 6) is -0.893. The number of rotatable bonds is 3. The predicted molar refractivity (Wildman–Crippen MR) is 58.4 cm³/mol. The van der Waals surface area contributed by atoms with E-state index >= 15 is 0 Å². The molecule has 1 aromatic carbocycles. The summed E-state index contributed by atoms with van der Waals surface area (Å²) in [5, 5.41) is 13.0. The molecule has 6 heteroatoms. The highest BCUT2D eigenvalue weighted by molar-refractivity contribution is 5.88. The lowest BCUT2D eigenvalue weighted by atomic mass is 10.1. The third kappa shape index (κ3) is 1.82. The fourth-order valence-corrected chi connectivity index (χ4v) is 1.59. The van der Waals surface area contributed by atoms with Crippen LogP contribution in [0.5, 0.6) is 0 Å². The summed E-state index contributed by atoms with van der Waals surface area (Å²) in [6.07, 6.45) is 1.60. The predicted octanol–water partition coefficient (Wildman–Crippen LogP) is 2.74. The molecule has 0 aliphatic rings. The molecule has 0 spiro atoms. The normalized spacial score (nSPS) is 10.0. The van der Waals surface area contributed by atoms with E-state index < -0.39 is 5.97 Å². The van der Waals surface area contributed by atoms with E-state index in [1.165, 1.54) is 0 Å². The van der Waals surface area contributed by atoms with Gasteiger partial charge < -0.3 is 10.1 Å². The second-order valence-electron chi connectivity index (χ2n) is 3.30. The third-order valence-electron chi connectivity index (χ3n) is 2.25. The Morgan fingerprint density at radius 2 is 2.38 bits per heavy atom. The number of nitrogens with one attached hydrogen (secondary N) is 1. The lowest BCUT2D eigenvalue weighted by molar-refractivity contribution is -0.136. The first kappa shape index (κ1) is 10.1. The van der Waals surface area contributed by atoms with Gasteiger partial charge in [-0.15, -0.1) is 0 Å². The molecule has 0 atom stereocenters. The zero-order valence-corrected chi connectivity index (χ0v) is 8.21. The second kappa shape index (κ2) is 3.96. The molecular weight excluding hydrogens is 208 g/mol. The smallest absolute Gasteiger partial charge is 0.307 e. The molecule has 0 fully saturated rings. The second-order valence-corrected chi connectivity index (χ2v) is 3.30. The number of fused-ring (bicyclic) bond motifs is 1. The van der Waals surface area contributed by atoms with E-state index in [9.17, 15) is 4.79 Å². The SMILES string of the molecule is [N-]=[N+]=Nc1ccc2[nH]cc(CC(=O)O)c2c1. The first-order valence-electron chi connectivity index (χ1n) is 4.57. The van der Waals surface area contributed by atoms with Gasteiger partial charge in [0.25, 0.3) is 0 Å². The van der Waals surface area contributed by atoms with E-state index in [2.05, 4.69) is 15.0 Å². The van der Waals surface area contributed by atoms with Crippen molar-refractivity contribution in [3.05, 3.63) is 40.4 Å². The number of carboxylic acid groups (broad SMARTS) is 1. The number of hydrogen-bond donors (Lipinski definition) is 2. The minimum Gasteiger partial charge on any atom is -0.481 e. The van der Waals surface area contributed by atoms with E-state index in [1.54, 1.807) is 24.4 Å². The number of H-pyrrole nitrogens is 1. The molecule has 6 nitrogen and oxygen atoms in total. The average Bonchev–Trinajstić information content (AvgIpc) is 2.61. The van der Waals surface area contributed by atoms with Crippen LogP contribution >= 0.6 is 0 Å². The van der Waals surface area contributed by atoms with Gasteiger partial charge in [-0.25, -0.2) is 0 Å². The van der Waals surface area contributed by atoms with E-state index in [1.807, 2.05) is 0 Å². The van der Waals surface area contributed by atoms with Crippen molar-refractivity contribution in [2.24, 2.45) is 5.11 Å². The molecule has 0 bridgehead atoms. The number of carbonyl (C=O) groups is 1. The van der Waals surface area contributed by atoms with Crippen LogP contribution in [0.4, 0.5) is 5.69 Å². The fourth-order valence-electron chi connectivity index (χ4n) is 1.59. The Bertz CT molecular complexity index is 596. The van der Waals surface area contributed by atoms with Crippen LogP contribution in [0.2, 0.25) is 0 Å². The van der Waals surface area contributed by atoms with Crippen molar-refractivity contribution >= 4 is 22.6 Å². The minimum absolute atomic E-state index is 0.0558. The number of aliphatic carboxylic acids is 1. The summed E-state index contributed by atoms with van der Waals surface area (Å²) >= 11 is 0. The van der Waals surface area contributed by atoms with Gasteiger partial charge in [-0.2, -0.15) is 0 Å². The maximum absolute atomic E-state index is 10.6. The molecule has 0 radical (unpaired) electrons. The van der Waals surface area contributed by atoms with Crippen LogP contribution in [0.3, 0.4) is 0 Å². The van der Waals surface area contributed by atoms with Crippen LogP contribution in [0, 0.1) is 0 Å². The topological polar surface area (TPSA) is 102 Å². The number of nitrogens with zero attached hydrogens (tertiary/aromatic N) is 3. The van der Waals surface area contributed by atoms with Gasteiger partial charge in [0.15, 0.2) is 0 Å². The Morgan fingerprint density at radius 3 is 3.06 bits per heavy atom. The zero-order valence-electron chi connectivity index (χ0n) is 8.21. The summed E-state index contributed by atoms with van der Waals surface area (Å²) in [6, 6.07) is 5.09. The van der Waals surface area contributed by atoms with Gasteiger partial charge in [-0.3, -0.25) is 4.79 Å². The Labute approximate surface area is 90.1 Å². The molecule has 2 N–H and O–H groups in total. The van der Waals surface area contributed by atoms with Crippen molar-refractivity contribution in [1.82, 2.24) is 4.98 Å². The molecule has 2 rings (SSSR count). The standard InChI is InChI=1S/C10H8N4O2/c11-14-13-7-1-2-9-8(4-7)6(5-12-9)3-10(15)16/h1-2,4-5,12H,3H2,(H,15,16). The molecule has 80 valence electrons. The lowest BCUT2D eigenvalue weighted by Crippen LogP contribution is -1.98. The van der Waals surface area contributed by atoms with Crippen molar-refractivity contribution in [2.45, 2.75) is 6.42 Å². The van der Waals surface area contributed by atoms with Crippen molar-refractivity contribution in [1.29, 1.82) is 0 Å². The first-order chi connectivity index (χ1) is 7.70. The number of aromatic amines is 1. The Hall–Kier alpha value is -2.46. The monoisotopic (exact) mass is 216 g/mol. The molecule has 0 aliphatic heterocycles. The Kier molecular flexibility index (Phi) is 2.49. The van der Waals surface area contributed by atoms with E-state index in [-0.39, 0.29) is 6.42 Å². The third-order valence-corrected chi connectivity index (χ3v) is 2.25. The summed E-state index contributed by atoms with van der Waals surface area (Å²) in [5.41, 5.74) is 10.3. The highest BCUT2D eigenvalue weighted by atomic mass is 16.4. The number of benzene rings is 1. The fraction of sp³-hybridized carbons (Fsp3) is 0.100. The first-order valence-corrected chi connectivity index (χ1v) is 4.57. The number of carboxylic acids is 1. The maximum atomic E-state index is 10.6. The van der Waals surface area contributed by atoms with Crippen molar-refractivity contribution in [3.8, 4) is 0 Å². The van der Waals surface area contributed by atoms with Crippen LogP contribution < -0.4 is 0 Å². The summed E-state index contributed by atoms with van der Waals surface area (Å²) < 4.78 is 0. The molecule has 0 aliphatic carbocycles. The average molecular weight is 216 g/mol. The minimum atomic E-state index is -0.893. The van der Waals surface area contributed by atoms with E-state index in [0.29, 0.717) is 11.3 Å².